The summed E-state index contributed by atoms with van der Waals surface area (Å²) in [6, 6.07) is 8.97. The second-order valence-electron chi connectivity index (χ2n) is 5.21. The van der Waals surface area contributed by atoms with Gasteiger partial charge in [0.2, 0.25) is 5.91 Å². The molecule has 22 heavy (non-hydrogen) atoms. The van der Waals surface area contributed by atoms with Crippen molar-refractivity contribution in [3.63, 3.8) is 0 Å². The summed E-state index contributed by atoms with van der Waals surface area (Å²) < 4.78 is 5.72. The molecule has 1 saturated heterocycles. The highest BCUT2D eigenvalue weighted by atomic mass is 35.5. The van der Waals surface area contributed by atoms with E-state index < -0.39 is 0 Å². The molecule has 5 nitrogen and oxygen atoms in total. The summed E-state index contributed by atoms with van der Waals surface area (Å²) >= 11 is 5.99. The molecule has 0 bridgehead atoms. The van der Waals surface area contributed by atoms with E-state index in [4.69, 9.17) is 16.0 Å². The van der Waals surface area contributed by atoms with Gasteiger partial charge < -0.3 is 14.6 Å². The van der Waals surface area contributed by atoms with Gasteiger partial charge in [0.05, 0.1) is 0 Å². The van der Waals surface area contributed by atoms with E-state index in [2.05, 4.69) is 5.32 Å². The first-order chi connectivity index (χ1) is 10.5. The van der Waals surface area contributed by atoms with Crippen LogP contribution < -0.4 is 5.32 Å². The molecular weight excluding hydrogens is 304 g/mol. The van der Waals surface area contributed by atoms with Crippen molar-refractivity contribution in [2.24, 2.45) is 0 Å². The van der Waals surface area contributed by atoms with Crippen molar-refractivity contribution in [1.82, 2.24) is 10.2 Å². The minimum Gasteiger partial charge on any atom is -0.451 e. The fourth-order valence-electron chi connectivity index (χ4n) is 2.47. The molecule has 2 amide bonds. The van der Waals surface area contributed by atoms with E-state index in [1.807, 2.05) is 19.1 Å². The third kappa shape index (κ3) is 2.85. The van der Waals surface area contributed by atoms with Crippen molar-refractivity contribution in [3.05, 3.63) is 46.7 Å². The Bertz CT molecular complexity index is 739. The number of aryl methyl sites for hydroxylation is 1. The van der Waals surface area contributed by atoms with Crippen molar-refractivity contribution in [1.29, 1.82) is 0 Å². The van der Waals surface area contributed by atoms with Crippen LogP contribution in [0.4, 0.5) is 0 Å². The molecule has 6 heteroatoms. The molecule has 0 radical (unpaired) electrons. The average molecular weight is 319 g/mol. The number of piperazine rings is 1. The van der Waals surface area contributed by atoms with Crippen LogP contribution >= 0.6 is 11.6 Å². The molecule has 1 fully saturated rings. The number of hydrogen-bond acceptors (Lipinski definition) is 3. The molecule has 0 atom stereocenters. The predicted molar refractivity (Wildman–Crippen MR) is 82.8 cm³/mol. The van der Waals surface area contributed by atoms with Crippen LogP contribution in [-0.4, -0.2) is 36.3 Å². The molecule has 2 heterocycles. The number of hydrogen-bond donors (Lipinski definition) is 1. The molecule has 0 spiro atoms. The summed E-state index contributed by atoms with van der Waals surface area (Å²) in [5.74, 6) is 0.429. The SMILES string of the molecule is Cc1cc(C(=O)N2CCNC(=O)C2)oc1-c1cccc(Cl)c1. The molecule has 114 valence electrons. The van der Waals surface area contributed by atoms with Gasteiger partial charge in [-0.3, -0.25) is 9.59 Å². The average Bonchev–Trinajstić information content (AvgIpc) is 2.88. The zero-order valence-corrected chi connectivity index (χ0v) is 12.8. The molecule has 0 saturated carbocycles. The smallest absolute Gasteiger partial charge is 0.290 e. The topological polar surface area (TPSA) is 62.6 Å². The van der Waals surface area contributed by atoms with Crippen LogP contribution in [0.5, 0.6) is 0 Å². The van der Waals surface area contributed by atoms with Crippen molar-refractivity contribution >= 4 is 23.4 Å². The number of rotatable bonds is 2. The first-order valence-corrected chi connectivity index (χ1v) is 7.35. The normalized spacial score (nSPS) is 14.8. The van der Waals surface area contributed by atoms with Crippen LogP contribution in [0.1, 0.15) is 16.1 Å². The second kappa shape index (κ2) is 5.85. The Morgan fingerprint density at radius 1 is 1.36 bits per heavy atom. The Hall–Kier alpha value is -2.27. The monoisotopic (exact) mass is 318 g/mol. The highest BCUT2D eigenvalue weighted by Gasteiger charge is 2.25. The van der Waals surface area contributed by atoms with E-state index >= 15 is 0 Å². The molecule has 1 aliphatic rings. The maximum atomic E-state index is 12.4. The largest absolute Gasteiger partial charge is 0.451 e. The third-order valence-electron chi connectivity index (χ3n) is 3.54. The van der Waals surface area contributed by atoms with Crippen molar-refractivity contribution < 1.29 is 14.0 Å². The summed E-state index contributed by atoms with van der Waals surface area (Å²) in [5, 5.41) is 3.29. The van der Waals surface area contributed by atoms with E-state index in [9.17, 15) is 9.59 Å². The molecular formula is C16H15ClN2O3. The summed E-state index contributed by atoms with van der Waals surface area (Å²) in [4.78, 5) is 25.3. The number of carbonyl (C=O) groups excluding carboxylic acids is 2. The van der Waals surface area contributed by atoms with Crippen LogP contribution in [0.2, 0.25) is 5.02 Å². The lowest BCUT2D eigenvalue weighted by atomic mass is 10.1. The summed E-state index contributed by atoms with van der Waals surface area (Å²) in [7, 11) is 0. The summed E-state index contributed by atoms with van der Waals surface area (Å²) in [5.41, 5.74) is 1.67. The molecule has 2 aromatic rings. The summed E-state index contributed by atoms with van der Waals surface area (Å²) in [6.07, 6.45) is 0. The minimum absolute atomic E-state index is 0.0606. The minimum atomic E-state index is -0.272. The van der Waals surface area contributed by atoms with Gasteiger partial charge in [-0.15, -0.1) is 0 Å². The lowest BCUT2D eigenvalue weighted by molar-refractivity contribution is -0.123. The van der Waals surface area contributed by atoms with Crippen LogP contribution in [0.25, 0.3) is 11.3 Å². The van der Waals surface area contributed by atoms with Gasteiger partial charge in [-0.05, 0) is 30.7 Å². The van der Waals surface area contributed by atoms with Crippen LogP contribution in [0, 0.1) is 6.92 Å². The molecule has 0 aliphatic carbocycles. The van der Waals surface area contributed by atoms with Gasteiger partial charge in [0, 0.05) is 23.7 Å². The fourth-order valence-corrected chi connectivity index (χ4v) is 2.66. The first kappa shape index (κ1) is 14.7. The second-order valence-corrected chi connectivity index (χ2v) is 5.65. The number of amides is 2. The van der Waals surface area contributed by atoms with Crippen LogP contribution in [-0.2, 0) is 4.79 Å². The lowest BCUT2D eigenvalue weighted by Crippen LogP contribution is -2.49. The Labute approximate surface area is 132 Å². The standard InChI is InChI=1S/C16H15ClN2O3/c1-10-7-13(16(21)19-6-5-18-14(20)9-19)22-15(10)11-3-2-4-12(17)8-11/h2-4,7-8H,5-6,9H2,1H3,(H,18,20). The van der Waals surface area contributed by atoms with Gasteiger partial charge >= 0.3 is 0 Å². The van der Waals surface area contributed by atoms with Gasteiger partial charge in [0.15, 0.2) is 5.76 Å². The molecule has 1 aliphatic heterocycles. The Morgan fingerprint density at radius 3 is 2.91 bits per heavy atom. The van der Waals surface area contributed by atoms with E-state index in [0.717, 1.165) is 11.1 Å². The van der Waals surface area contributed by atoms with E-state index in [1.54, 1.807) is 18.2 Å². The maximum absolute atomic E-state index is 12.4. The number of carbonyl (C=O) groups is 2. The number of nitrogens with one attached hydrogen (secondary N) is 1. The van der Waals surface area contributed by atoms with Gasteiger partial charge in [-0.2, -0.15) is 0 Å². The molecule has 1 aromatic carbocycles. The Morgan fingerprint density at radius 2 is 2.18 bits per heavy atom. The van der Waals surface area contributed by atoms with Crippen LogP contribution in [0.15, 0.2) is 34.7 Å². The molecule has 3 rings (SSSR count). The Kier molecular flexibility index (Phi) is 3.90. The highest BCUT2D eigenvalue weighted by molar-refractivity contribution is 6.30. The quantitative estimate of drug-likeness (QED) is 0.925. The molecule has 1 N–H and O–H groups in total. The Balaban J connectivity index is 1.88. The number of furan rings is 1. The van der Waals surface area contributed by atoms with Gasteiger partial charge in [-0.1, -0.05) is 23.7 Å². The van der Waals surface area contributed by atoms with Crippen molar-refractivity contribution in [2.45, 2.75) is 6.92 Å². The van der Waals surface area contributed by atoms with Crippen LogP contribution in [0.3, 0.4) is 0 Å². The highest BCUT2D eigenvalue weighted by Crippen LogP contribution is 2.29. The van der Waals surface area contributed by atoms with Gasteiger partial charge in [0.1, 0.15) is 12.3 Å². The van der Waals surface area contributed by atoms with E-state index in [0.29, 0.717) is 23.9 Å². The van der Waals surface area contributed by atoms with Gasteiger partial charge in [-0.25, -0.2) is 0 Å². The van der Waals surface area contributed by atoms with Gasteiger partial charge in [0.25, 0.3) is 5.91 Å². The van der Waals surface area contributed by atoms with E-state index in [-0.39, 0.29) is 24.1 Å². The van der Waals surface area contributed by atoms with Crippen molar-refractivity contribution in [2.75, 3.05) is 19.6 Å². The molecule has 1 aromatic heterocycles. The number of halogens is 1. The maximum Gasteiger partial charge on any atom is 0.290 e. The zero-order chi connectivity index (χ0) is 15.7. The molecule has 0 unspecified atom stereocenters. The third-order valence-corrected chi connectivity index (χ3v) is 3.78. The first-order valence-electron chi connectivity index (χ1n) is 6.97. The lowest BCUT2D eigenvalue weighted by Gasteiger charge is -2.25. The van der Waals surface area contributed by atoms with Crippen molar-refractivity contribution in [3.8, 4) is 11.3 Å². The number of nitrogens with zero attached hydrogens (tertiary/aromatic N) is 1. The predicted octanol–water partition coefficient (Wildman–Crippen LogP) is 2.48. The fraction of sp³-hybridized carbons (Fsp3) is 0.250. The zero-order valence-electron chi connectivity index (χ0n) is 12.1. The summed E-state index contributed by atoms with van der Waals surface area (Å²) in [6.45, 7) is 2.88. The number of benzene rings is 1. The van der Waals surface area contributed by atoms with E-state index in [1.165, 1.54) is 4.90 Å².